The van der Waals surface area contributed by atoms with Crippen LogP contribution < -0.4 is 0 Å². The molecule has 5 nitrogen and oxygen atoms in total. The van der Waals surface area contributed by atoms with E-state index < -0.39 is 6.10 Å². The minimum atomic E-state index is -0.576. The first-order chi connectivity index (χ1) is 10.6. The fraction of sp³-hybridized carbons (Fsp3) is 0.294. The zero-order valence-electron chi connectivity index (χ0n) is 12.7. The summed E-state index contributed by atoms with van der Waals surface area (Å²) in [6, 6.07) is 9.70. The van der Waals surface area contributed by atoms with Gasteiger partial charge in [0.15, 0.2) is 6.29 Å². The Morgan fingerprint density at radius 1 is 1.27 bits per heavy atom. The molecule has 1 N–H and O–H groups in total. The van der Waals surface area contributed by atoms with Crippen LogP contribution in [-0.2, 0) is 13.1 Å². The number of benzene rings is 1. The second-order valence-corrected chi connectivity index (χ2v) is 5.63. The van der Waals surface area contributed by atoms with Gasteiger partial charge in [-0.25, -0.2) is 0 Å². The molecule has 2 aromatic heterocycles. The van der Waals surface area contributed by atoms with Crippen LogP contribution in [0.25, 0.3) is 10.9 Å². The fourth-order valence-corrected chi connectivity index (χ4v) is 2.86. The topological polar surface area (TPSA) is 60.0 Å². The molecule has 0 unspecified atom stereocenters. The number of para-hydroxylation sites is 1. The molecule has 0 radical (unpaired) electrons. The van der Waals surface area contributed by atoms with Crippen LogP contribution >= 0.6 is 0 Å². The lowest BCUT2D eigenvalue weighted by Gasteiger charge is -2.14. The van der Waals surface area contributed by atoms with Gasteiger partial charge in [0.2, 0.25) is 0 Å². The van der Waals surface area contributed by atoms with Gasteiger partial charge in [-0.15, -0.1) is 0 Å². The predicted octanol–water partition coefficient (Wildman–Crippen LogP) is 2.33. The summed E-state index contributed by atoms with van der Waals surface area (Å²) in [5.41, 5.74) is 3.58. The normalized spacial score (nSPS) is 12.7. The Balaban J connectivity index is 1.83. The Labute approximate surface area is 128 Å². The van der Waals surface area contributed by atoms with Gasteiger partial charge in [-0.1, -0.05) is 18.2 Å². The smallest absolute Gasteiger partial charge is 0.152 e. The van der Waals surface area contributed by atoms with Crippen molar-refractivity contribution in [2.24, 2.45) is 0 Å². The number of rotatable bonds is 5. The molecule has 0 saturated heterocycles. The van der Waals surface area contributed by atoms with E-state index in [9.17, 15) is 9.90 Å². The molecule has 114 valence electrons. The largest absolute Gasteiger partial charge is 0.389 e. The molecule has 2 heterocycles. The molecular weight excluding hydrogens is 278 g/mol. The molecular formula is C17H19N3O2. The standard InChI is InChI=1S/C17H19N3O2/c1-12-7-13(2)20(18-12)10-15(22)9-19-8-14(11-21)16-5-3-4-6-17(16)19/h3-8,11,15,22H,9-10H2,1-2H3/t15-/m1/s1. The number of hydrogen-bond acceptors (Lipinski definition) is 3. The predicted molar refractivity (Wildman–Crippen MR) is 85.0 cm³/mol. The molecule has 0 aliphatic rings. The number of aryl methyl sites for hydroxylation is 2. The van der Waals surface area contributed by atoms with Crippen LogP contribution in [0.1, 0.15) is 21.7 Å². The van der Waals surface area contributed by atoms with E-state index in [-0.39, 0.29) is 0 Å². The minimum absolute atomic E-state index is 0.423. The van der Waals surface area contributed by atoms with Crippen LogP contribution in [-0.4, -0.2) is 31.8 Å². The van der Waals surface area contributed by atoms with Gasteiger partial charge < -0.3 is 9.67 Å². The number of aliphatic hydroxyl groups is 1. The fourth-order valence-electron chi connectivity index (χ4n) is 2.86. The van der Waals surface area contributed by atoms with Crippen molar-refractivity contribution in [3.8, 4) is 0 Å². The average molecular weight is 297 g/mol. The third-order valence-electron chi connectivity index (χ3n) is 3.84. The minimum Gasteiger partial charge on any atom is -0.389 e. The highest BCUT2D eigenvalue weighted by Gasteiger charge is 2.13. The Morgan fingerprint density at radius 3 is 2.73 bits per heavy atom. The average Bonchev–Trinajstić information content (AvgIpc) is 2.99. The van der Waals surface area contributed by atoms with Crippen LogP contribution in [0, 0.1) is 13.8 Å². The highest BCUT2D eigenvalue weighted by atomic mass is 16.3. The van der Waals surface area contributed by atoms with Gasteiger partial charge in [0.25, 0.3) is 0 Å². The van der Waals surface area contributed by atoms with Gasteiger partial charge in [0.1, 0.15) is 0 Å². The maximum absolute atomic E-state index is 11.2. The van der Waals surface area contributed by atoms with E-state index in [4.69, 9.17) is 0 Å². The number of carbonyl (C=O) groups excluding carboxylic acids is 1. The second kappa shape index (κ2) is 5.77. The molecule has 0 aliphatic heterocycles. The first-order valence-electron chi connectivity index (χ1n) is 7.30. The zero-order chi connectivity index (χ0) is 15.7. The third-order valence-corrected chi connectivity index (χ3v) is 3.84. The van der Waals surface area contributed by atoms with Crippen molar-refractivity contribution in [1.29, 1.82) is 0 Å². The SMILES string of the molecule is Cc1cc(C)n(C[C@H](O)Cn2cc(C=O)c3ccccc32)n1. The first-order valence-corrected chi connectivity index (χ1v) is 7.30. The van der Waals surface area contributed by atoms with Crippen molar-refractivity contribution >= 4 is 17.2 Å². The van der Waals surface area contributed by atoms with Crippen LogP contribution in [0.4, 0.5) is 0 Å². The molecule has 1 aromatic carbocycles. The summed E-state index contributed by atoms with van der Waals surface area (Å²) >= 11 is 0. The molecule has 0 aliphatic carbocycles. The van der Waals surface area contributed by atoms with Crippen LogP contribution in [0.3, 0.4) is 0 Å². The summed E-state index contributed by atoms with van der Waals surface area (Å²) in [4.78, 5) is 11.2. The first kappa shape index (κ1) is 14.5. The maximum atomic E-state index is 11.2. The number of aromatic nitrogens is 3. The van der Waals surface area contributed by atoms with Crippen molar-refractivity contribution in [1.82, 2.24) is 14.3 Å². The van der Waals surface area contributed by atoms with Gasteiger partial charge in [-0.2, -0.15) is 5.10 Å². The summed E-state index contributed by atoms with van der Waals surface area (Å²) in [5.74, 6) is 0. The van der Waals surface area contributed by atoms with Crippen molar-refractivity contribution in [2.75, 3.05) is 0 Å². The molecule has 3 aromatic rings. The molecule has 3 rings (SSSR count). The number of hydrogen-bond donors (Lipinski definition) is 1. The van der Waals surface area contributed by atoms with E-state index in [2.05, 4.69) is 5.10 Å². The lowest BCUT2D eigenvalue weighted by atomic mass is 10.2. The van der Waals surface area contributed by atoms with Crippen molar-refractivity contribution < 1.29 is 9.90 Å². The molecule has 0 fully saturated rings. The lowest BCUT2D eigenvalue weighted by molar-refractivity contribution is 0.112. The monoisotopic (exact) mass is 297 g/mol. The van der Waals surface area contributed by atoms with Gasteiger partial charge in [-0.3, -0.25) is 9.48 Å². The Hall–Kier alpha value is -2.40. The summed E-state index contributed by atoms with van der Waals surface area (Å²) < 4.78 is 3.74. The Kier molecular flexibility index (Phi) is 3.81. The van der Waals surface area contributed by atoms with Gasteiger partial charge >= 0.3 is 0 Å². The maximum Gasteiger partial charge on any atom is 0.152 e. The summed E-state index contributed by atoms with van der Waals surface area (Å²) in [7, 11) is 0. The van der Waals surface area contributed by atoms with E-state index in [1.165, 1.54) is 0 Å². The van der Waals surface area contributed by atoms with Crippen LogP contribution in [0.15, 0.2) is 36.5 Å². The van der Waals surface area contributed by atoms with E-state index >= 15 is 0 Å². The zero-order valence-corrected chi connectivity index (χ0v) is 12.7. The van der Waals surface area contributed by atoms with E-state index in [1.807, 2.05) is 53.4 Å². The highest BCUT2D eigenvalue weighted by molar-refractivity contribution is 5.97. The van der Waals surface area contributed by atoms with Crippen molar-refractivity contribution in [3.05, 3.63) is 53.5 Å². The van der Waals surface area contributed by atoms with Gasteiger partial charge in [0.05, 0.1) is 24.9 Å². The Bertz CT molecular complexity index is 817. The number of aliphatic hydroxyl groups excluding tert-OH is 1. The van der Waals surface area contributed by atoms with E-state index in [0.717, 1.165) is 28.6 Å². The van der Waals surface area contributed by atoms with E-state index in [1.54, 1.807) is 6.20 Å². The van der Waals surface area contributed by atoms with Gasteiger partial charge in [0, 0.05) is 28.4 Å². The molecule has 0 spiro atoms. The third kappa shape index (κ3) is 2.67. The van der Waals surface area contributed by atoms with Crippen molar-refractivity contribution in [2.45, 2.75) is 33.0 Å². The highest BCUT2D eigenvalue weighted by Crippen LogP contribution is 2.20. The molecule has 22 heavy (non-hydrogen) atoms. The molecule has 5 heteroatoms. The number of aldehydes is 1. The number of nitrogens with zero attached hydrogens (tertiary/aromatic N) is 3. The molecule has 0 bridgehead atoms. The summed E-state index contributed by atoms with van der Waals surface area (Å²) in [6.07, 6.45) is 2.07. The number of fused-ring (bicyclic) bond motifs is 1. The second-order valence-electron chi connectivity index (χ2n) is 5.63. The van der Waals surface area contributed by atoms with Crippen LogP contribution in [0.5, 0.6) is 0 Å². The molecule has 0 amide bonds. The molecule has 1 atom stereocenters. The van der Waals surface area contributed by atoms with Crippen LogP contribution in [0.2, 0.25) is 0 Å². The van der Waals surface area contributed by atoms with E-state index in [0.29, 0.717) is 18.7 Å². The van der Waals surface area contributed by atoms with Gasteiger partial charge in [-0.05, 0) is 26.0 Å². The number of carbonyl (C=O) groups is 1. The molecule has 0 saturated carbocycles. The quantitative estimate of drug-likeness (QED) is 0.735. The summed E-state index contributed by atoms with van der Waals surface area (Å²) in [6.45, 7) is 4.77. The Morgan fingerprint density at radius 2 is 2.05 bits per heavy atom. The summed E-state index contributed by atoms with van der Waals surface area (Å²) in [5, 5.41) is 15.6. The lowest BCUT2D eigenvalue weighted by Crippen LogP contribution is -2.23. The van der Waals surface area contributed by atoms with Crippen molar-refractivity contribution in [3.63, 3.8) is 0 Å².